The molecular formula is C14H22BrClN2O2S. The highest BCUT2D eigenvalue weighted by molar-refractivity contribution is 9.10. The van der Waals surface area contributed by atoms with Crippen LogP contribution in [0.2, 0.25) is 0 Å². The average molecular weight is 398 g/mol. The number of nitrogens with two attached hydrogens (primary N) is 1. The lowest BCUT2D eigenvalue weighted by Gasteiger charge is -2.23. The molecule has 1 saturated carbocycles. The molecule has 2 rings (SSSR count). The van der Waals surface area contributed by atoms with Crippen molar-refractivity contribution in [2.45, 2.75) is 43.5 Å². The highest BCUT2D eigenvalue weighted by Gasteiger charge is 2.29. The zero-order valence-corrected chi connectivity index (χ0v) is 15.2. The molecule has 1 aliphatic carbocycles. The number of hydrogen-bond donors (Lipinski definition) is 2. The van der Waals surface area contributed by atoms with Gasteiger partial charge in [0.15, 0.2) is 0 Å². The molecule has 1 aliphatic rings. The standard InChI is InChI=1S/C14H21BrN2O2S.ClH/c1-10-6-7-12(15)8-14(10)20(18,19)17-13(9-16)11-4-2-3-5-11;/h6-8,11,13,17H,2-5,9,16H2,1H3;1H. The highest BCUT2D eigenvalue weighted by Crippen LogP contribution is 2.29. The molecule has 1 aromatic carbocycles. The van der Waals surface area contributed by atoms with Crippen LogP contribution in [0.25, 0.3) is 0 Å². The minimum absolute atomic E-state index is 0. The van der Waals surface area contributed by atoms with Crippen molar-refractivity contribution in [3.63, 3.8) is 0 Å². The van der Waals surface area contributed by atoms with Gasteiger partial charge in [0.25, 0.3) is 0 Å². The van der Waals surface area contributed by atoms with Gasteiger partial charge in [0.05, 0.1) is 4.90 Å². The Hall–Kier alpha value is -0.140. The lowest BCUT2D eigenvalue weighted by atomic mass is 9.99. The van der Waals surface area contributed by atoms with Crippen molar-refractivity contribution in [3.8, 4) is 0 Å². The molecule has 4 nitrogen and oxygen atoms in total. The van der Waals surface area contributed by atoms with Crippen molar-refractivity contribution in [2.24, 2.45) is 11.7 Å². The van der Waals surface area contributed by atoms with Crippen LogP contribution in [-0.4, -0.2) is 21.0 Å². The molecule has 0 aromatic heterocycles. The molecule has 1 atom stereocenters. The van der Waals surface area contributed by atoms with Crippen LogP contribution >= 0.6 is 28.3 Å². The Labute approximate surface area is 141 Å². The summed E-state index contributed by atoms with van der Waals surface area (Å²) in [5.74, 6) is 0.363. The summed E-state index contributed by atoms with van der Waals surface area (Å²) in [6.07, 6.45) is 4.45. The van der Waals surface area contributed by atoms with Crippen molar-refractivity contribution in [2.75, 3.05) is 6.54 Å². The molecule has 0 radical (unpaired) electrons. The lowest BCUT2D eigenvalue weighted by molar-refractivity contribution is 0.405. The van der Waals surface area contributed by atoms with Crippen molar-refractivity contribution < 1.29 is 8.42 Å². The molecule has 0 aliphatic heterocycles. The zero-order chi connectivity index (χ0) is 14.8. The summed E-state index contributed by atoms with van der Waals surface area (Å²) in [7, 11) is -3.52. The highest BCUT2D eigenvalue weighted by atomic mass is 79.9. The Balaban J connectivity index is 0.00000220. The summed E-state index contributed by atoms with van der Waals surface area (Å²) in [6.45, 7) is 2.14. The normalized spacial score (nSPS) is 17.5. The Morgan fingerprint density at radius 1 is 1.38 bits per heavy atom. The minimum Gasteiger partial charge on any atom is -0.329 e. The molecule has 0 spiro atoms. The molecule has 7 heteroatoms. The summed E-state index contributed by atoms with van der Waals surface area (Å²) in [6, 6.07) is 5.11. The van der Waals surface area contributed by atoms with E-state index in [0.717, 1.165) is 22.9 Å². The van der Waals surface area contributed by atoms with E-state index in [9.17, 15) is 8.42 Å². The summed E-state index contributed by atoms with van der Waals surface area (Å²) >= 11 is 3.32. The van der Waals surface area contributed by atoms with E-state index in [1.54, 1.807) is 19.1 Å². The van der Waals surface area contributed by atoms with Crippen LogP contribution in [0, 0.1) is 12.8 Å². The predicted molar refractivity (Wildman–Crippen MR) is 91.2 cm³/mol. The molecule has 0 saturated heterocycles. The maximum absolute atomic E-state index is 12.5. The Morgan fingerprint density at radius 3 is 2.57 bits per heavy atom. The number of aryl methyl sites for hydroxylation is 1. The van der Waals surface area contributed by atoms with Gasteiger partial charge in [-0.1, -0.05) is 34.8 Å². The zero-order valence-electron chi connectivity index (χ0n) is 12.0. The molecule has 1 aromatic rings. The Morgan fingerprint density at radius 2 is 2.00 bits per heavy atom. The van der Waals surface area contributed by atoms with Gasteiger partial charge in [-0.15, -0.1) is 12.4 Å². The number of hydrogen-bond acceptors (Lipinski definition) is 3. The van der Waals surface area contributed by atoms with Crippen LogP contribution in [0.1, 0.15) is 31.2 Å². The SMILES string of the molecule is Cc1ccc(Br)cc1S(=O)(=O)NC(CN)C1CCCC1.Cl. The van der Waals surface area contributed by atoms with Crippen molar-refractivity contribution in [1.82, 2.24) is 4.72 Å². The third-order valence-corrected chi connectivity index (χ3v) is 6.09. The fraction of sp³-hybridized carbons (Fsp3) is 0.571. The molecule has 3 N–H and O–H groups in total. The van der Waals surface area contributed by atoms with Crippen molar-refractivity contribution >= 4 is 38.4 Å². The van der Waals surface area contributed by atoms with Crippen LogP contribution < -0.4 is 10.5 Å². The number of nitrogens with one attached hydrogen (secondary N) is 1. The van der Waals surface area contributed by atoms with Crippen LogP contribution in [-0.2, 0) is 10.0 Å². The van der Waals surface area contributed by atoms with Crippen LogP contribution in [0.3, 0.4) is 0 Å². The molecule has 120 valence electrons. The van der Waals surface area contributed by atoms with E-state index in [-0.39, 0.29) is 18.4 Å². The number of halogens is 2. The summed E-state index contributed by atoms with van der Waals surface area (Å²) in [5.41, 5.74) is 6.51. The van der Waals surface area contributed by atoms with Crippen LogP contribution in [0.15, 0.2) is 27.6 Å². The van der Waals surface area contributed by atoms with E-state index in [4.69, 9.17) is 5.73 Å². The molecular weight excluding hydrogens is 376 g/mol. The summed E-state index contributed by atoms with van der Waals surface area (Å²) in [4.78, 5) is 0.323. The summed E-state index contributed by atoms with van der Waals surface area (Å²) < 4.78 is 28.6. The topological polar surface area (TPSA) is 72.2 Å². The number of benzene rings is 1. The molecule has 1 unspecified atom stereocenters. The second kappa shape index (κ2) is 7.92. The number of sulfonamides is 1. The van der Waals surface area contributed by atoms with E-state index in [1.165, 1.54) is 12.8 Å². The van der Waals surface area contributed by atoms with Gasteiger partial charge < -0.3 is 5.73 Å². The van der Waals surface area contributed by atoms with Gasteiger partial charge in [-0.2, -0.15) is 0 Å². The van der Waals surface area contributed by atoms with Gasteiger partial charge in [-0.05, 0) is 43.4 Å². The molecule has 21 heavy (non-hydrogen) atoms. The maximum atomic E-state index is 12.5. The maximum Gasteiger partial charge on any atom is 0.241 e. The van der Waals surface area contributed by atoms with Crippen LogP contribution in [0.5, 0.6) is 0 Å². The van der Waals surface area contributed by atoms with E-state index in [0.29, 0.717) is 17.4 Å². The lowest BCUT2D eigenvalue weighted by Crippen LogP contribution is -2.44. The molecule has 0 bridgehead atoms. The third-order valence-electron chi connectivity index (χ3n) is 3.97. The second-order valence-corrected chi connectivity index (χ2v) is 8.02. The first kappa shape index (κ1) is 18.9. The van der Waals surface area contributed by atoms with Gasteiger partial charge in [-0.25, -0.2) is 13.1 Å². The van der Waals surface area contributed by atoms with Crippen molar-refractivity contribution in [3.05, 3.63) is 28.2 Å². The van der Waals surface area contributed by atoms with E-state index in [1.807, 2.05) is 6.07 Å². The quantitative estimate of drug-likeness (QED) is 0.802. The number of rotatable bonds is 5. The van der Waals surface area contributed by atoms with Gasteiger partial charge in [-0.3, -0.25) is 0 Å². The average Bonchev–Trinajstić information content (AvgIpc) is 2.92. The van der Waals surface area contributed by atoms with Gasteiger partial charge in [0.1, 0.15) is 0 Å². The second-order valence-electron chi connectivity index (χ2n) is 5.42. The fourth-order valence-electron chi connectivity index (χ4n) is 2.82. The first-order chi connectivity index (χ1) is 9.44. The van der Waals surface area contributed by atoms with E-state index < -0.39 is 10.0 Å². The van der Waals surface area contributed by atoms with Gasteiger partial charge in [0, 0.05) is 17.1 Å². The minimum atomic E-state index is -3.52. The molecule has 1 fully saturated rings. The molecule has 0 amide bonds. The predicted octanol–water partition coefficient (Wildman–Crippen LogP) is 2.98. The fourth-order valence-corrected chi connectivity index (χ4v) is 4.92. The van der Waals surface area contributed by atoms with E-state index >= 15 is 0 Å². The third kappa shape index (κ3) is 4.66. The molecule has 0 heterocycles. The Bertz CT molecular complexity index is 574. The monoisotopic (exact) mass is 396 g/mol. The largest absolute Gasteiger partial charge is 0.329 e. The smallest absolute Gasteiger partial charge is 0.241 e. The van der Waals surface area contributed by atoms with Crippen LogP contribution in [0.4, 0.5) is 0 Å². The van der Waals surface area contributed by atoms with Crippen molar-refractivity contribution in [1.29, 1.82) is 0 Å². The first-order valence-corrected chi connectivity index (χ1v) is 9.20. The van der Waals surface area contributed by atoms with Gasteiger partial charge in [0.2, 0.25) is 10.0 Å². The van der Waals surface area contributed by atoms with E-state index in [2.05, 4.69) is 20.7 Å². The van der Waals surface area contributed by atoms with Gasteiger partial charge >= 0.3 is 0 Å². The Kier molecular flexibility index (Phi) is 7.13. The summed E-state index contributed by atoms with van der Waals surface area (Å²) in [5, 5.41) is 0. The first-order valence-electron chi connectivity index (χ1n) is 6.92.